The third kappa shape index (κ3) is 4.45. The molecule has 82 valence electrons. The molecule has 1 heterocycles. The number of halogens is 2. The fourth-order valence-electron chi connectivity index (χ4n) is 0.929. The van der Waals surface area contributed by atoms with Gasteiger partial charge in [-0.2, -0.15) is 0 Å². The third-order valence-electron chi connectivity index (χ3n) is 1.63. The SMILES string of the molecule is CN[C@@H](Cc1cnc[nH]1)C(=O)O.Cl.Cl. The van der Waals surface area contributed by atoms with Gasteiger partial charge >= 0.3 is 5.97 Å². The van der Waals surface area contributed by atoms with Gasteiger partial charge in [0.15, 0.2) is 0 Å². The minimum absolute atomic E-state index is 0. The Morgan fingerprint density at radius 2 is 2.36 bits per heavy atom. The van der Waals surface area contributed by atoms with Gasteiger partial charge in [-0.05, 0) is 7.05 Å². The molecular formula is C7H13Cl2N3O2. The summed E-state index contributed by atoms with van der Waals surface area (Å²) in [7, 11) is 1.62. The molecule has 0 spiro atoms. The Morgan fingerprint density at radius 3 is 2.71 bits per heavy atom. The Morgan fingerprint density at radius 1 is 1.71 bits per heavy atom. The zero-order valence-corrected chi connectivity index (χ0v) is 9.19. The van der Waals surface area contributed by atoms with E-state index in [0.717, 1.165) is 5.69 Å². The second kappa shape index (κ2) is 7.61. The van der Waals surface area contributed by atoms with Gasteiger partial charge < -0.3 is 15.4 Å². The summed E-state index contributed by atoms with van der Waals surface area (Å²) in [5.74, 6) is -0.855. The van der Waals surface area contributed by atoms with Crippen molar-refractivity contribution in [3.05, 3.63) is 18.2 Å². The van der Waals surface area contributed by atoms with Gasteiger partial charge in [0.2, 0.25) is 0 Å². The van der Waals surface area contributed by atoms with Crippen molar-refractivity contribution >= 4 is 30.8 Å². The Labute approximate surface area is 94.1 Å². The van der Waals surface area contributed by atoms with E-state index in [1.165, 1.54) is 6.33 Å². The standard InChI is InChI=1S/C7H11N3O2.2ClH/c1-8-6(7(11)12)2-5-3-9-4-10-5;;/h3-4,6,8H,2H2,1H3,(H,9,10)(H,11,12);2*1H/t6-;;/m0../s1. The van der Waals surface area contributed by atoms with Crippen LogP contribution in [0, 0.1) is 0 Å². The van der Waals surface area contributed by atoms with Crippen LogP contribution in [0.1, 0.15) is 5.69 Å². The average molecular weight is 242 g/mol. The monoisotopic (exact) mass is 241 g/mol. The number of carbonyl (C=O) groups is 1. The molecular weight excluding hydrogens is 229 g/mol. The van der Waals surface area contributed by atoms with Gasteiger partial charge in [0, 0.05) is 18.3 Å². The average Bonchev–Trinajstić information content (AvgIpc) is 2.51. The highest BCUT2D eigenvalue weighted by Crippen LogP contribution is 1.97. The van der Waals surface area contributed by atoms with Crippen molar-refractivity contribution in [2.75, 3.05) is 7.05 Å². The van der Waals surface area contributed by atoms with Gasteiger partial charge in [-0.3, -0.25) is 4.79 Å². The number of nitrogens with zero attached hydrogens (tertiary/aromatic N) is 1. The molecule has 0 radical (unpaired) electrons. The Kier molecular flexibility index (Phi) is 8.52. The fraction of sp³-hybridized carbons (Fsp3) is 0.429. The predicted octanol–water partition coefficient (Wildman–Crippen LogP) is 0.468. The highest BCUT2D eigenvalue weighted by atomic mass is 35.5. The molecule has 0 bridgehead atoms. The van der Waals surface area contributed by atoms with E-state index in [-0.39, 0.29) is 24.8 Å². The molecule has 0 aliphatic heterocycles. The van der Waals surface area contributed by atoms with E-state index >= 15 is 0 Å². The van der Waals surface area contributed by atoms with Crippen LogP contribution in [-0.4, -0.2) is 34.1 Å². The molecule has 1 aromatic rings. The van der Waals surface area contributed by atoms with Crippen LogP contribution < -0.4 is 5.32 Å². The van der Waals surface area contributed by atoms with E-state index in [9.17, 15) is 4.79 Å². The molecule has 3 N–H and O–H groups in total. The number of H-pyrrole nitrogens is 1. The highest BCUT2D eigenvalue weighted by Gasteiger charge is 2.15. The Bertz CT molecular complexity index is 253. The molecule has 0 unspecified atom stereocenters. The molecule has 7 heteroatoms. The molecule has 14 heavy (non-hydrogen) atoms. The van der Waals surface area contributed by atoms with Crippen molar-refractivity contribution in [1.82, 2.24) is 15.3 Å². The largest absolute Gasteiger partial charge is 0.480 e. The first-order valence-corrected chi connectivity index (χ1v) is 3.61. The van der Waals surface area contributed by atoms with Crippen LogP contribution in [-0.2, 0) is 11.2 Å². The number of aliphatic carboxylic acids is 1. The number of nitrogens with one attached hydrogen (secondary N) is 2. The Balaban J connectivity index is 0. The number of aromatic nitrogens is 2. The summed E-state index contributed by atoms with van der Waals surface area (Å²) in [6.45, 7) is 0. The molecule has 0 saturated heterocycles. The second-order valence-corrected chi connectivity index (χ2v) is 2.46. The number of likely N-dealkylation sites (N-methyl/N-ethyl adjacent to an activating group) is 1. The zero-order valence-electron chi connectivity index (χ0n) is 7.56. The minimum Gasteiger partial charge on any atom is -0.480 e. The van der Waals surface area contributed by atoms with E-state index in [2.05, 4.69) is 15.3 Å². The summed E-state index contributed by atoms with van der Waals surface area (Å²) >= 11 is 0. The lowest BCUT2D eigenvalue weighted by atomic mass is 10.2. The summed E-state index contributed by atoms with van der Waals surface area (Å²) in [6.07, 6.45) is 3.57. The normalized spacial score (nSPS) is 10.9. The maximum atomic E-state index is 10.6. The molecule has 0 fully saturated rings. The van der Waals surface area contributed by atoms with Crippen molar-refractivity contribution in [2.24, 2.45) is 0 Å². The maximum Gasteiger partial charge on any atom is 0.321 e. The summed E-state index contributed by atoms with van der Waals surface area (Å²) < 4.78 is 0. The van der Waals surface area contributed by atoms with Crippen LogP contribution in [0.2, 0.25) is 0 Å². The second-order valence-electron chi connectivity index (χ2n) is 2.46. The van der Waals surface area contributed by atoms with Crippen molar-refractivity contribution < 1.29 is 9.90 Å². The molecule has 0 aliphatic carbocycles. The molecule has 1 atom stereocenters. The maximum absolute atomic E-state index is 10.6. The van der Waals surface area contributed by atoms with E-state index in [0.29, 0.717) is 6.42 Å². The fourth-order valence-corrected chi connectivity index (χ4v) is 0.929. The third-order valence-corrected chi connectivity index (χ3v) is 1.63. The van der Waals surface area contributed by atoms with Crippen LogP contribution in [0.15, 0.2) is 12.5 Å². The predicted molar refractivity (Wildman–Crippen MR) is 57.3 cm³/mol. The number of imidazole rings is 1. The Hall–Kier alpha value is -0.780. The molecule has 1 aromatic heterocycles. The van der Waals surface area contributed by atoms with Crippen LogP contribution in [0.25, 0.3) is 0 Å². The van der Waals surface area contributed by atoms with E-state index < -0.39 is 12.0 Å². The van der Waals surface area contributed by atoms with Crippen LogP contribution in [0.3, 0.4) is 0 Å². The van der Waals surface area contributed by atoms with Crippen LogP contribution >= 0.6 is 24.8 Å². The van der Waals surface area contributed by atoms with Crippen LogP contribution in [0.4, 0.5) is 0 Å². The van der Waals surface area contributed by atoms with Crippen LogP contribution in [0.5, 0.6) is 0 Å². The minimum atomic E-state index is -0.855. The lowest BCUT2D eigenvalue weighted by Gasteiger charge is -2.08. The summed E-state index contributed by atoms with van der Waals surface area (Å²) in [5, 5.41) is 11.4. The lowest BCUT2D eigenvalue weighted by Crippen LogP contribution is -2.35. The molecule has 0 aliphatic rings. The van der Waals surface area contributed by atoms with Crippen molar-refractivity contribution in [2.45, 2.75) is 12.5 Å². The number of hydrogen-bond acceptors (Lipinski definition) is 3. The lowest BCUT2D eigenvalue weighted by molar-refractivity contribution is -0.139. The van der Waals surface area contributed by atoms with E-state index in [1.54, 1.807) is 13.2 Å². The van der Waals surface area contributed by atoms with Gasteiger partial charge in [-0.1, -0.05) is 0 Å². The zero-order chi connectivity index (χ0) is 8.97. The molecule has 5 nitrogen and oxygen atoms in total. The first-order valence-electron chi connectivity index (χ1n) is 3.61. The van der Waals surface area contributed by atoms with Crippen molar-refractivity contribution in [3.63, 3.8) is 0 Å². The number of rotatable bonds is 4. The molecule has 1 rings (SSSR count). The van der Waals surface area contributed by atoms with Gasteiger partial charge in [0.25, 0.3) is 0 Å². The first kappa shape index (κ1) is 15.7. The quantitative estimate of drug-likeness (QED) is 0.717. The number of carboxylic acids is 1. The van der Waals surface area contributed by atoms with Gasteiger partial charge in [-0.25, -0.2) is 4.98 Å². The topological polar surface area (TPSA) is 78.0 Å². The number of aromatic amines is 1. The first-order chi connectivity index (χ1) is 5.74. The number of hydrogen-bond donors (Lipinski definition) is 3. The molecule has 0 aromatic carbocycles. The van der Waals surface area contributed by atoms with E-state index in [4.69, 9.17) is 5.11 Å². The molecule has 0 saturated carbocycles. The smallest absolute Gasteiger partial charge is 0.321 e. The summed E-state index contributed by atoms with van der Waals surface area (Å²) in [4.78, 5) is 17.2. The highest BCUT2D eigenvalue weighted by molar-refractivity contribution is 5.85. The summed E-state index contributed by atoms with van der Waals surface area (Å²) in [5.41, 5.74) is 0.816. The van der Waals surface area contributed by atoms with Crippen molar-refractivity contribution in [3.8, 4) is 0 Å². The van der Waals surface area contributed by atoms with Crippen molar-refractivity contribution in [1.29, 1.82) is 0 Å². The summed E-state index contributed by atoms with van der Waals surface area (Å²) in [6, 6.07) is -0.551. The number of carboxylic acid groups (broad SMARTS) is 1. The molecule has 0 amide bonds. The van der Waals surface area contributed by atoms with E-state index in [1.807, 2.05) is 0 Å². The van der Waals surface area contributed by atoms with Gasteiger partial charge in [-0.15, -0.1) is 24.8 Å². The van der Waals surface area contributed by atoms with Gasteiger partial charge in [0.1, 0.15) is 6.04 Å². The van der Waals surface area contributed by atoms with Gasteiger partial charge in [0.05, 0.1) is 6.33 Å².